The van der Waals surface area contributed by atoms with Gasteiger partial charge in [0.15, 0.2) is 0 Å². The summed E-state index contributed by atoms with van der Waals surface area (Å²) >= 11 is 0. The highest BCUT2D eigenvalue weighted by molar-refractivity contribution is 6.04. The van der Waals surface area contributed by atoms with E-state index in [4.69, 9.17) is 4.74 Å². The molecule has 0 aliphatic rings. The number of amides is 2. The predicted octanol–water partition coefficient (Wildman–Crippen LogP) is 1.41. The summed E-state index contributed by atoms with van der Waals surface area (Å²) in [6, 6.07) is 7.47. The molecule has 0 fully saturated rings. The Balaban J connectivity index is 2.53. The summed E-state index contributed by atoms with van der Waals surface area (Å²) < 4.78 is 5.26. The molecule has 0 aliphatic heterocycles. The Morgan fingerprint density at radius 1 is 1.12 bits per heavy atom. The van der Waals surface area contributed by atoms with Crippen LogP contribution in [0.3, 0.4) is 0 Å². The standard InChI is InChI=1S/C18H29N3O3/c1-18(2,16(22)19-11-8-12-21(3)4)17(23)20-13-14-9-6-7-10-15(14)24-5/h6-7,9-10H,8,11-13H2,1-5H3,(H,19,22)(H,20,23). The molecule has 6 nitrogen and oxygen atoms in total. The smallest absolute Gasteiger partial charge is 0.235 e. The van der Waals surface area contributed by atoms with Crippen LogP contribution in [0.5, 0.6) is 5.75 Å². The molecular weight excluding hydrogens is 306 g/mol. The monoisotopic (exact) mass is 335 g/mol. The number of nitrogens with one attached hydrogen (secondary N) is 2. The second-order valence-electron chi connectivity index (χ2n) is 6.53. The van der Waals surface area contributed by atoms with Crippen molar-refractivity contribution in [3.63, 3.8) is 0 Å². The van der Waals surface area contributed by atoms with Gasteiger partial charge in [0.2, 0.25) is 11.8 Å². The summed E-state index contributed by atoms with van der Waals surface area (Å²) in [5.74, 6) is 0.140. The van der Waals surface area contributed by atoms with E-state index in [1.54, 1.807) is 21.0 Å². The van der Waals surface area contributed by atoms with E-state index < -0.39 is 5.41 Å². The topological polar surface area (TPSA) is 70.7 Å². The number of para-hydroxylation sites is 1. The summed E-state index contributed by atoms with van der Waals surface area (Å²) in [6.07, 6.45) is 0.845. The maximum atomic E-state index is 12.4. The number of methoxy groups -OCH3 is 1. The average molecular weight is 335 g/mol. The van der Waals surface area contributed by atoms with Crippen molar-refractivity contribution in [2.24, 2.45) is 5.41 Å². The minimum absolute atomic E-state index is 0.265. The third kappa shape index (κ3) is 5.85. The van der Waals surface area contributed by atoms with Crippen LogP contribution in [0.4, 0.5) is 0 Å². The maximum absolute atomic E-state index is 12.4. The van der Waals surface area contributed by atoms with Crippen molar-refractivity contribution in [1.82, 2.24) is 15.5 Å². The molecule has 134 valence electrons. The Morgan fingerprint density at radius 2 is 1.75 bits per heavy atom. The summed E-state index contributed by atoms with van der Waals surface area (Å²) in [6.45, 7) is 5.03. The zero-order valence-electron chi connectivity index (χ0n) is 15.3. The van der Waals surface area contributed by atoms with Crippen LogP contribution >= 0.6 is 0 Å². The fourth-order valence-electron chi connectivity index (χ4n) is 2.17. The summed E-state index contributed by atoms with van der Waals surface area (Å²) in [5, 5.41) is 5.64. The first kappa shape index (κ1) is 20.0. The Hall–Kier alpha value is -2.08. The zero-order chi connectivity index (χ0) is 18.2. The second kappa shape index (κ2) is 9.27. The molecule has 6 heteroatoms. The molecule has 1 rings (SSSR count). The lowest BCUT2D eigenvalue weighted by Gasteiger charge is -2.23. The number of carbonyl (C=O) groups is 2. The van der Waals surface area contributed by atoms with Gasteiger partial charge < -0.3 is 20.3 Å². The van der Waals surface area contributed by atoms with Gasteiger partial charge in [0, 0.05) is 18.7 Å². The molecule has 2 N–H and O–H groups in total. The molecule has 0 saturated carbocycles. The van der Waals surface area contributed by atoms with Gasteiger partial charge in [-0.3, -0.25) is 9.59 Å². The number of nitrogens with zero attached hydrogens (tertiary/aromatic N) is 1. The first-order valence-corrected chi connectivity index (χ1v) is 8.12. The molecule has 24 heavy (non-hydrogen) atoms. The van der Waals surface area contributed by atoms with Crippen molar-refractivity contribution in [1.29, 1.82) is 0 Å². The van der Waals surface area contributed by atoms with Gasteiger partial charge in [-0.15, -0.1) is 0 Å². The number of benzene rings is 1. The van der Waals surface area contributed by atoms with E-state index >= 15 is 0 Å². The van der Waals surface area contributed by atoms with E-state index in [2.05, 4.69) is 15.5 Å². The molecule has 0 atom stereocenters. The van der Waals surface area contributed by atoms with Gasteiger partial charge in [-0.1, -0.05) is 18.2 Å². The SMILES string of the molecule is COc1ccccc1CNC(=O)C(C)(C)C(=O)NCCCN(C)C. The van der Waals surface area contributed by atoms with Crippen molar-refractivity contribution < 1.29 is 14.3 Å². The number of hydrogen-bond acceptors (Lipinski definition) is 4. The third-order valence-corrected chi connectivity index (χ3v) is 3.83. The van der Waals surface area contributed by atoms with Crippen molar-refractivity contribution in [3.05, 3.63) is 29.8 Å². The van der Waals surface area contributed by atoms with Crippen LogP contribution in [-0.4, -0.2) is 51.0 Å². The summed E-state index contributed by atoms with van der Waals surface area (Å²) in [7, 11) is 5.56. The van der Waals surface area contributed by atoms with Gasteiger partial charge in [-0.25, -0.2) is 0 Å². The van der Waals surface area contributed by atoms with Crippen LogP contribution in [0, 0.1) is 5.41 Å². The molecule has 0 radical (unpaired) electrons. The second-order valence-corrected chi connectivity index (χ2v) is 6.53. The lowest BCUT2D eigenvalue weighted by molar-refractivity contribution is -0.141. The number of rotatable bonds is 9. The molecule has 0 saturated heterocycles. The molecule has 0 unspecified atom stereocenters. The lowest BCUT2D eigenvalue weighted by atomic mass is 9.91. The minimum atomic E-state index is -1.12. The Morgan fingerprint density at radius 3 is 2.38 bits per heavy atom. The first-order valence-electron chi connectivity index (χ1n) is 8.12. The highest BCUT2D eigenvalue weighted by Gasteiger charge is 2.35. The van der Waals surface area contributed by atoms with Crippen molar-refractivity contribution >= 4 is 11.8 Å². The van der Waals surface area contributed by atoms with Crippen molar-refractivity contribution in [2.75, 3.05) is 34.3 Å². The maximum Gasteiger partial charge on any atom is 0.235 e. The van der Waals surface area contributed by atoms with Gasteiger partial charge >= 0.3 is 0 Å². The number of ether oxygens (including phenoxy) is 1. The molecular formula is C18H29N3O3. The number of hydrogen-bond donors (Lipinski definition) is 2. The molecule has 1 aromatic rings. The summed E-state index contributed by atoms with van der Waals surface area (Å²) in [5.41, 5.74) is -0.254. The first-order chi connectivity index (χ1) is 11.3. The van der Waals surface area contributed by atoms with Gasteiger partial charge in [0.25, 0.3) is 0 Å². The van der Waals surface area contributed by atoms with Crippen LogP contribution < -0.4 is 15.4 Å². The molecule has 0 aromatic heterocycles. The Labute approximate surface area is 144 Å². The van der Waals surface area contributed by atoms with E-state index in [1.165, 1.54) is 0 Å². The molecule has 0 aliphatic carbocycles. The quantitative estimate of drug-likeness (QED) is 0.529. The van der Waals surface area contributed by atoms with Crippen molar-refractivity contribution in [2.45, 2.75) is 26.8 Å². The predicted molar refractivity (Wildman–Crippen MR) is 94.8 cm³/mol. The number of carbonyl (C=O) groups excluding carboxylic acids is 2. The fraction of sp³-hybridized carbons (Fsp3) is 0.556. The molecule has 2 amide bonds. The van der Waals surface area contributed by atoms with Gasteiger partial charge in [0.05, 0.1) is 7.11 Å². The lowest BCUT2D eigenvalue weighted by Crippen LogP contribution is -2.48. The largest absolute Gasteiger partial charge is 0.496 e. The van der Waals surface area contributed by atoms with Crippen molar-refractivity contribution in [3.8, 4) is 5.75 Å². The normalized spacial score (nSPS) is 11.2. The average Bonchev–Trinajstić information content (AvgIpc) is 2.56. The van der Waals surface area contributed by atoms with Gasteiger partial charge in [-0.05, 0) is 47.0 Å². The molecule has 0 heterocycles. The van der Waals surface area contributed by atoms with E-state index in [-0.39, 0.29) is 11.8 Å². The third-order valence-electron chi connectivity index (χ3n) is 3.83. The fourth-order valence-corrected chi connectivity index (χ4v) is 2.17. The van der Waals surface area contributed by atoms with Gasteiger partial charge in [-0.2, -0.15) is 0 Å². The van der Waals surface area contributed by atoms with Gasteiger partial charge in [0.1, 0.15) is 11.2 Å². The van der Waals surface area contributed by atoms with Crippen LogP contribution in [0.2, 0.25) is 0 Å². The minimum Gasteiger partial charge on any atom is -0.496 e. The van der Waals surface area contributed by atoms with Crippen LogP contribution in [0.25, 0.3) is 0 Å². The molecule has 0 bridgehead atoms. The Kier molecular flexibility index (Phi) is 7.71. The summed E-state index contributed by atoms with van der Waals surface area (Å²) in [4.78, 5) is 26.7. The van der Waals surface area contributed by atoms with E-state index in [0.29, 0.717) is 18.8 Å². The van der Waals surface area contributed by atoms with E-state index in [9.17, 15) is 9.59 Å². The zero-order valence-corrected chi connectivity index (χ0v) is 15.3. The van der Waals surface area contributed by atoms with E-state index in [0.717, 1.165) is 18.5 Å². The van der Waals surface area contributed by atoms with E-state index in [1.807, 2.05) is 38.4 Å². The highest BCUT2D eigenvalue weighted by Crippen LogP contribution is 2.19. The highest BCUT2D eigenvalue weighted by atomic mass is 16.5. The molecule has 0 spiro atoms. The van der Waals surface area contributed by atoms with Crippen LogP contribution in [0.15, 0.2) is 24.3 Å². The molecule has 1 aromatic carbocycles. The van der Waals surface area contributed by atoms with Crippen LogP contribution in [0.1, 0.15) is 25.8 Å². The Bertz CT molecular complexity index is 556. The van der Waals surface area contributed by atoms with Crippen LogP contribution in [-0.2, 0) is 16.1 Å².